The second-order valence-corrected chi connectivity index (χ2v) is 6.88. The van der Waals surface area contributed by atoms with Gasteiger partial charge in [0.05, 0.1) is 27.3 Å². The number of carbonyl (C=O) groups is 1. The standard InChI is InChI=1S/C19H14ClN3O2S/c1-21-19(24)18-9-13(11-26-18)23-16-7-6-14(8-12(16)10-22-23)25-17-5-3-2-4-15(17)20/h2-11H,1H3,(H,21,24). The first kappa shape index (κ1) is 16.6. The zero-order valence-electron chi connectivity index (χ0n) is 13.8. The van der Waals surface area contributed by atoms with Crippen LogP contribution < -0.4 is 10.1 Å². The summed E-state index contributed by atoms with van der Waals surface area (Å²) in [5.74, 6) is 1.18. The third-order valence-electron chi connectivity index (χ3n) is 3.88. The van der Waals surface area contributed by atoms with Crippen LogP contribution in [0.1, 0.15) is 9.67 Å². The number of fused-ring (bicyclic) bond motifs is 1. The Morgan fingerprint density at radius 1 is 1.23 bits per heavy atom. The Balaban J connectivity index is 1.66. The number of thiophene rings is 1. The lowest BCUT2D eigenvalue weighted by Gasteiger charge is -2.07. The number of aromatic nitrogens is 2. The topological polar surface area (TPSA) is 56.2 Å². The van der Waals surface area contributed by atoms with E-state index in [1.54, 1.807) is 24.0 Å². The van der Waals surface area contributed by atoms with Gasteiger partial charge in [0.25, 0.3) is 5.91 Å². The lowest BCUT2D eigenvalue weighted by atomic mass is 10.2. The molecular weight excluding hydrogens is 370 g/mol. The number of hydrogen-bond acceptors (Lipinski definition) is 4. The molecule has 4 aromatic rings. The highest BCUT2D eigenvalue weighted by Gasteiger charge is 2.12. The summed E-state index contributed by atoms with van der Waals surface area (Å²) in [4.78, 5) is 12.4. The molecule has 1 N–H and O–H groups in total. The van der Waals surface area contributed by atoms with Crippen LogP contribution in [0, 0.1) is 0 Å². The third-order valence-corrected chi connectivity index (χ3v) is 5.11. The number of benzene rings is 2. The first-order valence-electron chi connectivity index (χ1n) is 7.87. The van der Waals surface area contributed by atoms with E-state index in [-0.39, 0.29) is 5.91 Å². The molecule has 0 saturated heterocycles. The molecule has 2 aromatic carbocycles. The van der Waals surface area contributed by atoms with Crippen molar-refractivity contribution in [2.75, 3.05) is 7.05 Å². The second-order valence-electron chi connectivity index (χ2n) is 5.56. The van der Waals surface area contributed by atoms with E-state index in [1.807, 2.05) is 47.8 Å². The molecule has 0 saturated carbocycles. The maximum atomic E-state index is 11.7. The summed E-state index contributed by atoms with van der Waals surface area (Å²) in [5.41, 5.74) is 1.78. The highest BCUT2D eigenvalue weighted by molar-refractivity contribution is 7.12. The molecule has 4 rings (SSSR count). The van der Waals surface area contributed by atoms with Gasteiger partial charge in [-0.2, -0.15) is 5.10 Å². The normalized spacial score (nSPS) is 10.8. The number of ether oxygens (including phenoxy) is 1. The predicted molar refractivity (Wildman–Crippen MR) is 104 cm³/mol. The van der Waals surface area contributed by atoms with Gasteiger partial charge in [-0.1, -0.05) is 23.7 Å². The van der Waals surface area contributed by atoms with E-state index in [0.29, 0.717) is 21.4 Å². The highest BCUT2D eigenvalue weighted by Crippen LogP contribution is 2.31. The number of hydrogen-bond donors (Lipinski definition) is 1. The van der Waals surface area contributed by atoms with E-state index in [9.17, 15) is 4.79 Å². The number of nitrogens with zero attached hydrogens (tertiary/aromatic N) is 2. The molecule has 2 aromatic heterocycles. The molecule has 0 bridgehead atoms. The molecule has 5 nitrogen and oxygen atoms in total. The fourth-order valence-electron chi connectivity index (χ4n) is 2.61. The van der Waals surface area contributed by atoms with Crippen LogP contribution in [0.3, 0.4) is 0 Å². The molecule has 0 aliphatic rings. The third kappa shape index (κ3) is 3.05. The molecule has 0 fully saturated rings. The Kier molecular flexibility index (Phi) is 4.36. The Morgan fingerprint density at radius 2 is 2.08 bits per heavy atom. The molecule has 130 valence electrons. The van der Waals surface area contributed by atoms with Crippen molar-refractivity contribution in [3.63, 3.8) is 0 Å². The zero-order valence-corrected chi connectivity index (χ0v) is 15.3. The number of rotatable bonds is 4. The van der Waals surface area contributed by atoms with Crippen molar-refractivity contribution in [3.05, 3.63) is 70.0 Å². The number of amides is 1. The molecule has 0 spiro atoms. The maximum Gasteiger partial charge on any atom is 0.261 e. The van der Waals surface area contributed by atoms with Crippen LogP contribution >= 0.6 is 22.9 Å². The van der Waals surface area contributed by atoms with E-state index >= 15 is 0 Å². The van der Waals surface area contributed by atoms with E-state index in [0.717, 1.165) is 16.6 Å². The van der Waals surface area contributed by atoms with E-state index in [4.69, 9.17) is 16.3 Å². The summed E-state index contributed by atoms with van der Waals surface area (Å²) in [6.07, 6.45) is 1.77. The zero-order chi connectivity index (χ0) is 18.1. The predicted octanol–water partition coefficient (Wildman–Crippen LogP) is 4.89. The molecule has 0 unspecified atom stereocenters. The van der Waals surface area contributed by atoms with Crippen LogP contribution in [0.15, 0.2) is 60.1 Å². The molecule has 1 amide bonds. The van der Waals surface area contributed by atoms with E-state index < -0.39 is 0 Å². The average molecular weight is 384 g/mol. The Morgan fingerprint density at radius 3 is 2.88 bits per heavy atom. The monoisotopic (exact) mass is 383 g/mol. The first-order chi connectivity index (χ1) is 12.7. The summed E-state index contributed by atoms with van der Waals surface area (Å²) < 4.78 is 7.67. The van der Waals surface area contributed by atoms with Crippen LogP contribution in [-0.4, -0.2) is 22.7 Å². The Hall–Kier alpha value is -2.83. The van der Waals surface area contributed by atoms with Gasteiger partial charge in [-0.3, -0.25) is 4.79 Å². The molecule has 7 heteroatoms. The van der Waals surface area contributed by atoms with Crippen molar-refractivity contribution in [1.29, 1.82) is 0 Å². The summed E-state index contributed by atoms with van der Waals surface area (Å²) >= 11 is 7.53. The number of halogens is 1. The molecular formula is C19H14ClN3O2S. The molecule has 0 aliphatic carbocycles. The summed E-state index contributed by atoms with van der Waals surface area (Å²) in [5, 5.41) is 10.5. The fraction of sp³-hybridized carbons (Fsp3) is 0.0526. The van der Waals surface area contributed by atoms with Gasteiger partial charge in [-0.25, -0.2) is 4.68 Å². The lowest BCUT2D eigenvalue weighted by Crippen LogP contribution is -2.16. The average Bonchev–Trinajstić information content (AvgIpc) is 3.29. The molecule has 2 heterocycles. The second kappa shape index (κ2) is 6.82. The summed E-state index contributed by atoms with van der Waals surface area (Å²) in [6.45, 7) is 0. The molecule has 0 atom stereocenters. The van der Waals surface area contributed by atoms with Gasteiger partial charge in [0.1, 0.15) is 11.5 Å². The highest BCUT2D eigenvalue weighted by atomic mass is 35.5. The van der Waals surface area contributed by atoms with Gasteiger partial charge in [0.2, 0.25) is 0 Å². The van der Waals surface area contributed by atoms with Gasteiger partial charge in [-0.05, 0) is 36.4 Å². The van der Waals surface area contributed by atoms with Crippen LogP contribution in [0.25, 0.3) is 16.6 Å². The summed E-state index contributed by atoms with van der Waals surface area (Å²) in [6, 6.07) is 14.9. The molecule has 0 aliphatic heterocycles. The van der Waals surface area contributed by atoms with Crippen molar-refractivity contribution in [3.8, 4) is 17.2 Å². The number of para-hydroxylation sites is 1. The van der Waals surface area contributed by atoms with Crippen LogP contribution in [0.4, 0.5) is 0 Å². The van der Waals surface area contributed by atoms with Gasteiger partial charge in [0.15, 0.2) is 0 Å². The molecule has 26 heavy (non-hydrogen) atoms. The van der Waals surface area contributed by atoms with Crippen molar-refractivity contribution >= 4 is 39.7 Å². The van der Waals surface area contributed by atoms with Crippen LogP contribution in [0.5, 0.6) is 11.5 Å². The van der Waals surface area contributed by atoms with Crippen LogP contribution in [-0.2, 0) is 0 Å². The minimum atomic E-state index is -0.104. The van der Waals surface area contributed by atoms with Gasteiger partial charge in [-0.15, -0.1) is 11.3 Å². The lowest BCUT2D eigenvalue weighted by molar-refractivity contribution is 0.0967. The van der Waals surface area contributed by atoms with E-state index in [2.05, 4.69) is 10.4 Å². The maximum absolute atomic E-state index is 11.7. The van der Waals surface area contributed by atoms with Crippen molar-refractivity contribution < 1.29 is 9.53 Å². The largest absolute Gasteiger partial charge is 0.456 e. The Bertz CT molecular complexity index is 1100. The van der Waals surface area contributed by atoms with Crippen LogP contribution in [0.2, 0.25) is 5.02 Å². The van der Waals surface area contributed by atoms with Gasteiger partial charge in [0, 0.05) is 17.8 Å². The SMILES string of the molecule is CNC(=O)c1cc(-n2ncc3cc(Oc4ccccc4Cl)ccc32)cs1. The molecule has 0 radical (unpaired) electrons. The van der Waals surface area contributed by atoms with Gasteiger partial charge < -0.3 is 10.1 Å². The quantitative estimate of drug-likeness (QED) is 0.545. The van der Waals surface area contributed by atoms with Crippen molar-refractivity contribution in [2.45, 2.75) is 0 Å². The minimum absolute atomic E-state index is 0.104. The fourth-order valence-corrected chi connectivity index (χ4v) is 3.60. The first-order valence-corrected chi connectivity index (χ1v) is 9.12. The van der Waals surface area contributed by atoms with Crippen molar-refractivity contribution in [1.82, 2.24) is 15.1 Å². The summed E-state index contributed by atoms with van der Waals surface area (Å²) in [7, 11) is 1.62. The van der Waals surface area contributed by atoms with Crippen molar-refractivity contribution in [2.24, 2.45) is 0 Å². The number of carbonyl (C=O) groups excluding carboxylic acids is 1. The Labute approximate surface area is 158 Å². The smallest absolute Gasteiger partial charge is 0.261 e. The minimum Gasteiger partial charge on any atom is -0.456 e. The van der Waals surface area contributed by atoms with Gasteiger partial charge >= 0.3 is 0 Å². The number of nitrogens with one attached hydrogen (secondary N) is 1. The van der Waals surface area contributed by atoms with E-state index in [1.165, 1.54) is 11.3 Å².